The Morgan fingerprint density at radius 2 is 2.17 bits per heavy atom. The Balaban J connectivity index is 0.00000300. The van der Waals surface area contributed by atoms with Crippen LogP contribution in [0.5, 0.6) is 0 Å². The van der Waals surface area contributed by atoms with Crippen molar-refractivity contribution in [3.8, 4) is 0 Å². The molecule has 0 bridgehead atoms. The van der Waals surface area contributed by atoms with E-state index in [0.29, 0.717) is 12.0 Å². The Morgan fingerprint density at radius 3 is 2.83 bits per heavy atom. The smallest absolute Gasteiger partial charge is 0.194 e. The highest BCUT2D eigenvalue weighted by Gasteiger charge is 2.34. The standard InChI is InChI=1S/C21H37N5O2.HI/c1-4-22-20(23-17-21(8-6-7-9-21)10-12-27-5-2)26-11-13-28-19(16-26)18-14-24-25(3)15-18;/h14-15,19H,4-13,16-17H2,1-3H3,(H,22,23);1H. The van der Waals surface area contributed by atoms with E-state index in [1.165, 1.54) is 25.7 Å². The third kappa shape index (κ3) is 6.82. The van der Waals surface area contributed by atoms with Crippen LogP contribution in [0.15, 0.2) is 17.4 Å². The molecule has 1 aromatic heterocycles. The number of nitrogens with zero attached hydrogens (tertiary/aromatic N) is 4. The van der Waals surface area contributed by atoms with Crippen molar-refractivity contribution < 1.29 is 9.47 Å². The second-order valence-electron chi connectivity index (χ2n) is 8.08. The number of morpholine rings is 1. The van der Waals surface area contributed by atoms with E-state index in [4.69, 9.17) is 14.5 Å². The molecule has 1 atom stereocenters. The number of halogens is 1. The predicted molar refractivity (Wildman–Crippen MR) is 127 cm³/mol. The first-order chi connectivity index (χ1) is 13.7. The van der Waals surface area contributed by atoms with E-state index in [0.717, 1.165) is 57.3 Å². The average Bonchev–Trinajstić information content (AvgIpc) is 3.35. The van der Waals surface area contributed by atoms with Crippen LogP contribution in [-0.4, -0.2) is 66.6 Å². The monoisotopic (exact) mass is 519 g/mol. The van der Waals surface area contributed by atoms with Gasteiger partial charge < -0.3 is 19.7 Å². The van der Waals surface area contributed by atoms with Crippen LogP contribution in [0.4, 0.5) is 0 Å². The summed E-state index contributed by atoms with van der Waals surface area (Å²) < 4.78 is 13.5. The van der Waals surface area contributed by atoms with E-state index in [9.17, 15) is 0 Å². The van der Waals surface area contributed by atoms with Crippen LogP contribution in [0.3, 0.4) is 0 Å². The van der Waals surface area contributed by atoms with Crippen LogP contribution < -0.4 is 5.32 Å². The molecule has 1 aromatic rings. The zero-order chi connectivity index (χ0) is 19.8. The number of aryl methyl sites for hydroxylation is 1. The van der Waals surface area contributed by atoms with E-state index in [-0.39, 0.29) is 30.1 Å². The lowest BCUT2D eigenvalue weighted by molar-refractivity contribution is -0.00813. The first-order valence-electron chi connectivity index (χ1n) is 10.9. The minimum atomic E-state index is 0. The summed E-state index contributed by atoms with van der Waals surface area (Å²) in [5, 5.41) is 7.80. The van der Waals surface area contributed by atoms with Gasteiger partial charge in [0.05, 0.1) is 19.3 Å². The summed E-state index contributed by atoms with van der Waals surface area (Å²) in [7, 11) is 1.94. The molecule has 3 rings (SSSR count). The fourth-order valence-corrected chi connectivity index (χ4v) is 4.36. The summed E-state index contributed by atoms with van der Waals surface area (Å²) in [5.41, 5.74) is 1.44. The van der Waals surface area contributed by atoms with Gasteiger partial charge in [0.15, 0.2) is 5.96 Å². The molecule has 2 heterocycles. The lowest BCUT2D eigenvalue weighted by Gasteiger charge is -2.35. The molecule has 7 nitrogen and oxygen atoms in total. The van der Waals surface area contributed by atoms with E-state index in [2.05, 4.69) is 29.2 Å². The predicted octanol–water partition coefficient (Wildman–Crippen LogP) is 3.36. The maximum atomic E-state index is 6.00. The van der Waals surface area contributed by atoms with E-state index in [1.807, 2.05) is 24.1 Å². The molecule has 2 aliphatic rings. The second kappa shape index (κ2) is 12.1. The Morgan fingerprint density at radius 1 is 1.38 bits per heavy atom. The van der Waals surface area contributed by atoms with Crippen LogP contribution >= 0.6 is 24.0 Å². The van der Waals surface area contributed by atoms with Crippen LogP contribution in [0, 0.1) is 5.41 Å². The molecule has 1 saturated carbocycles. The normalized spacial score (nSPS) is 21.8. The highest BCUT2D eigenvalue weighted by atomic mass is 127. The zero-order valence-corrected chi connectivity index (χ0v) is 20.6. The summed E-state index contributed by atoms with van der Waals surface area (Å²) >= 11 is 0. The lowest BCUT2D eigenvalue weighted by atomic mass is 9.83. The van der Waals surface area contributed by atoms with E-state index >= 15 is 0 Å². The molecule has 0 amide bonds. The Labute approximate surface area is 192 Å². The molecule has 1 aliphatic carbocycles. The number of guanidine groups is 1. The molecule has 1 unspecified atom stereocenters. The fraction of sp³-hybridized carbons (Fsp3) is 0.810. The Hall–Kier alpha value is -0.870. The van der Waals surface area contributed by atoms with Gasteiger partial charge in [0, 0.05) is 51.7 Å². The molecular weight excluding hydrogens is 481 g/mol. The first-order valence-corrected chi connectivity index (χ1v) is 10.9. The molecule has 1 saturated heterocycles. The molecular formula is C21H38IN5O2. The highest BCUT2D eigenvalue weighted by molar-refractivity contribution is 14.0. The number of nitrogens with one attached hydrogen (secondary N) is 1. The van der Waals surface area contributed by atoms with Crippen molar-refractivity contribution in [3.63, 3.8) is 0 Å². The summed E-state index contributed by atoms with van der Waals surface area (Å²) in [5.74, 6) is 1.02. The summed E-state index contributed by atoms with van der Waals surface area (Å²) in [4.78, 5) is 7.45. The van der Waals surface area contributed by atoms with Gasteiger partial charge in [-0.1, -0.05) is 12.8 Å². The van der Waals surface area contributed by atoms with Gasteiger partial charge in [0.2, 0.25) is 0 Å². The van der Waals surface area contributed by atoms with Crippen LogP contribution in [-0.2, 0) is 16.5 Å². The maximum Gasteiger partial charge on any atom is 0.194 e. The first kappa shape index (κ1) is 24.4. The van der Waals surface area contributed by atoms with Crippen molar-refractivity contribution in [2.45, 2.75) is 52.1 Å². The topological polar surface area (TPSA) is 63.9 Å². The molecule has 1 N–H and O–H groups in total. The lowest BCUT2D eigenvalue weighted by Crippen LogP contribution is -2.48. The molecule has 166 valence electrons. The SMILES string of the molecule is CCNC(=NCC1(CCOCC)CCCC1)N1CCOC(c2cnn(C)c2)C1.I. The van der Waals surface area contributed by atoms with Crippen LogP contribution in [0.1, 0.15) is 57.6 Å². The van der Waals surface area contributed by atoms with Gasteiger partial charge in [-0.25, -0.2) is 0 Å². The van der Waals surface area contributed by atoms with Gasteiger partial charge in [-0.2, -0.15) is 5.10 Å². The van der Waals surface area contributed by atoms with Crippen molar-refractivity contribution in [2.24, 2.45) is 17.5 Å². The summed E-state index contributed by atoms with van der Waals surface area (Å²) in [6.07, 6.45) is 10.3. The van der Waals surface area contributed by atoms with Crippen molar-refractivity contribution in [1.82, 2.24) is 20.0 Å². The number of rotatable bonds is 8. The van der Waals surface area contributed by atoms with E-state index in [1.54, 1.807) is 0 Å². The quantitative estimate of drug-likeness (QED) is 0.247. The van der Waals surface area contributed by atoms with Crippen LogP contribution in [0.2, 0.25) is 0 Å². The van der Waals surface area contributed by atoms with Crippen molar-refractivity contribution >= 4 is 29.9 Å². The zero-order valence-electron chi connectivity index (χ0n) is 18.2. The number of ether oxygens (including phenoxy) is 2. The molecule has 0 radical (unpaired) electrons. The summed E-state index contributed by atoms with van der Waals surface area (Å²) in [6, 6.07) is 0. The van der Waals surface area contributed by atoms with Crippen molar-refractivity contribution in [1.29, 1.82) is 0 Å². The molecule has 0 spiro atoms. The third-order valence-electron chi connectivity index (χ3n) is 6.01. The van der Waals surface area contributed by atoms with Gasteiger partial charge in [0.25, 0.3) is 0 Å². The Bertz CT molecular complexity index is 630. The molecule has 8 heteroatoms. The maximum absolute atomic E-state index is 6.00. The van der Waals surface area contributed by atoms with Gasteiger partial charge in [-0.15, -0.1) is 24.0 Å². The second-order valence-corrected chi connectivity index (χ2v) is 8.08. The number of aliphatic imine (C=N–C) groups is 1. The Kier molecular flexibility index (Phi) is 10.2. The number of hydrogen-bond donors (Lipinski definition) is 1. The molecule has 0 aromatic carbocycles. The molecule has 2 fully saturated rings. The van der Waals surface area contributed by atoms with Crippen molar-refractivity contribution in [3.05, 3.63) is 18.0 Å². The van der Waals surface area contributed by atoms with Gasteiger partial charge in [0.1, 0.15) is 6.10 Å². The third-order valence-corrected chi connectivity index (χ3v) is 6.01. The highest BCUT2D eigenvalue weighted by Crippen LogP contribution is 2.41. The van der Waals surface area contributed by atoms with Gasteiger partial charge in [-0.05, 0) is 38.5 Å². The number of aromatic nitrogens is 2. The average molecular weight is 519 g/mol. The molecule has 29 heavy (non-hydrogen) atoms. The van der Waals surface area contributed by atoms with Crippen molar-refractivity contribution in [2.75, 3.05) is 46.0 Å². The molecule has 1 aliphatic heterocycles. The summed E-state index contributed by atoms with van der Waals surface area (Å²) in [6.45, 7) is 10.00. The largest absolute Gasteiger partial charge is 0.382 e. The fourth-order valence-electron chi connectivity index (χ4n) is 4.36. The minimum absolute atomic E-state index is 0. The van der Waals surface area contributed by atoms with Gasteiger partial charge in [-0.3, -0.25) is 9.67 Å². The minimum Gasteiger partial charge on any atom is -0.382 e. The number of hydrogen-bond acceptors (Lipinski definition) is 4. The van der Waals surface area contributed by atoms with E-state index < -0.39 is 0 Å². The van der Waals surface area contributed by atoms with Crippen LogP contribution in [0.25, 0.3) is 0 Å². The van der Waals surface area contributed by atoms with Gasteiger partial charge >= 0.3 is 0 Å².